The van der Waals surface area contributed by atoms with Crippen LogP contribution in [0.25, 0.3) is 0 Å². The normalized spacial score (nSPS) is 18.4. The first-order chi connectivity index (χ1) is 8.95. The fraction of sp³-hybridized carbons (Fsp3) is 0.500. The van der Waals surface area contributed by atoms with E-state index in [2.05, 4.69) is 0 Å². The molecule has 0 N–H and O–H groups in total. The highest BCUT2D eigenvalue weighted by atomic mass is 32.2. The van der Waals surface area contributed by atoms with Crippen LogP contribution in [0, 0.1) is 6.92 Å². The molecule has 5 nitrogen and oxygen atoms in total. The van der Waals surface area contributed by atoms with E-state index in [0.29, 0.717) is 40.8 Å². The van der Waals surface area contributed by atoms with Crippen LogP contribution in [0.15, 0.2) is 23.1 Å². The summed E-state index contributed by atoms with van der Waals surface area (Å²) in [6.07, 6.45) is 0. The third kappa shape index (κ3) is 2.98. The molecule has 0 atom stereocenters. The van der Waals surface area contributed by atoms with E-state index in [-0.39, 0.29) is 0 Å². The van der Waals surface area contributed by atoms with Crippen LogP contribution in [-0.2, 0) is 20.8 Å². The molecule has 0 amide bonds. The molecular weight excluding hydrogens is 286 g/mol. The Morgan fingerprint density at radius 2 is 1.89 bits per heavy atom. The minimum Gasteiger partial charge on any atom is -0.497 e. The maximum Gasteiger partial charge on any atom is 0.243 e. The van der Waals surface area contributed by atoms with Gasteiger partial charge in [-0.3, -0.25) is 4.21 Å². The Labute approximate surface area is 116 Å². The maximum atomic E-state index is 12.5. The van der Waals surface area contributed by atoms with Gasteiger partial charge in [0.15, 0.2) is 0 Å². The Kier molecular flexibility index (Phi) is 4.27. The van der Waals surface area contributed by atoms with Crippen LogP contribution in [0.4, 0.5) is 0 Å². The van der Waals surface area contributed by atoms with Gasteiger partial charge >= 0.3 is 0 Å². The summed E-state index contributed by atoms with van der Waals surface area (Å²) in [4.78, 5) is 0.293. The fourth-order valence-electron chi connectivity index (χ4n) is 2.04. The Balaban J connectivity index is 2.31. The van der Waals surface area contributed by atoms with Crippen molar-refractivity contribution < 1.29 is 17.4 Å². The lowest BCUT2D eigenvalue weighted by atomic mass is 10.2. The molecule has 2 rings (SSSR count). The average molecular weight is 303 g/mol. The monoisotopic (exact) mass is 303 g/mol. The fourth-order valence-corrected chi connectivity index (χ4v) is 4.97. The lowest BCUT2D eigenvalue weighted by Crippen LogP contribution is -2.41. The molecule has 1 fully saturated rings. The van der Waals surface area contributed by atoms with Crippen molar-refractivity contribution in [2.75, 3.05) is 31.7 Å². The van der Waals surface area contributed by atoms with Gasteiger partial charge in [0, 0.05) is 35.4 Å². The molecule has 0 aliphatic carbocycles. The van der Waals surface area contributed by atoms with Gasteiger partial charge in [0.25, 0.3) is 0 Å². The predicted molar refractivity (Wildman–Crippen MR) is 74.4 cm³/mol. The first-order valence-corrected chi connectivity index (χ1v) is 8.88. The molecule has 1 aliphatic rings. The molecule has 19 heavy (non-hydrogen) atoms. The van der Waals surface area contributed by atoms with Crippen LogP contribution in [0.3, 0.4) is 0 Å². The van der Waals surface area contributed by atoms with Crippen molar-refractivity contribution in [3.8, 4) is 5.75 Å². The second-order valence-corrected chi connectivity index (χ2v) is 7.99. The summed E-state index contributed by atoms with van der Waals surface area (Å²) in [6, 6.07) is 4.91. The van der Waals surface area contributed by atoms with E-state index in [1.54, 1.807) is 32.2 Å². The van der Waals surface area contributed by atoms with Crippen molar-refractivity contribution in [1.82, 2.24) is 4.31 Å². The van der Waals surface area contributed by atoms with E-state index in [4.69, 9.17) is 4.74 Å². The van der Waals surface area contributed by atoms with Crippen molar-refractivity contribution >= 4 is 20.8 Å². The van der Waals surface area contributed by atoms with Gasteiger partial charge in [-0.05, 0) is 30.7 Å². The van der Waals surface area contributed by atoms with Gasteiger partial charge in [0.2, 0.25) is 10.0 Å². The van der Waals surface area contributed by atoms with Crippen molar-refractivity contribution in [2.24, 2.45) is 0 Å². The summed E-state index contributed by atoms with van der Waals surface area (Å²) in [5.41, 5.74) is 0.658. The number of benzene rings is 1. The van der Waals surface area contributed by atoms with E-state index in [1.807, 2.05) is 0 Å². The molecular formula is C12H17NO4S2. The highest BCUT2D eigenvalue weighted by Crippen LogP contribution is 2.24. The van der Waals surface area contributed by atoms with E-state index < -0.39 is 20.8 Å². The van der Waals surface area contributed by atoms with Crippen LogP contribution >= 0.6 is 0 Å². The molecule has 106 valence electrons. The molecule has 1 aromatic rings. The van der Waals surface area contributed by atoms with Crippen LogP contribution in [0.5, 0.6) is 5.75 Å². The van der Waals surface area contributed by atoms with Gasteiger partial charge in [0.1, 0.15) is 5.75 Å². The molecule has 0 spiro atoms. The number of ether oxygens (including phenoxy) is 1. The zero-order chi connectivity index (χ0) is 14.0. The topological polar surface area (TPSA) is 63.7 Å². The molecule has 1 aliphatic heterocycles. The minimum absolute atomic E-state index is 0.293. The van der Waals surface area contributed by atoms with E-state index in [0.717, 1.165) is 0 Å². The number of nitrogens with zero attached hydrogens (tertiary/aromatic N) is 1. The number of rotatable bonds is 3. The van der Waals surface area contributed by atoms with Crippen LogP contribution < -0.4 is 4.74 Å². The molecule has 0 radical (unpaired) electrons. The molecule has 0 unspecified atom stereocenters. The van der Waals surface area contributed by atoms with Crippen molar-refractivity contribution in [3.05, 3.63) is 23.8 Å². The van der Waals surface area contributed by atoms with Crippen LogP contribution in [0.2, 0.25) is 0 Å². The minimum atomic E-state index is -3.50. The maximum absolute atomic E-state index is 12.5. The second kappa shape index (κ2) is 5.60. The van der Waals surface area contributed by atoms with E-state index >= 15 is 0 Å². The molecule has 1 aromatic carbocycles. The lowest BCUT2D eigenvalue weighted by molar-refractivity contribution is 0.413. The number of sulfonamides is 1. The Bertz CT molecular complexity index is 588. The lowest BCUT2D eigenvalue weighted by Gasteiger charge is -2.26. The zero-order valence-electron chi connectivity index (χ0n) is 11.0. The molecule has 0 bridgehead atoms. The van der Waals surface area contributed by atoms with Gasteiger partial charge in [0.05, 0.1) is 12.0 Å². The summed E-state index contributed by atoms with van der Waals surface area (Å²) < 4.78 is 42.8. The SMILES string of the molecule is COc1ccc(S(=O)(=O)N2CCS(=O)CC2)c(C)c1. The molecule has 1 heterocycles. The van der Waals surface area contributed by atoms with Crippen LogP contribution in [0.1, 0.15) is 5.56 Å². The predicted octanol–water partition coefficient (Wildman–Crippen LogP) is 0.757. The van der Waals surface area contributed by atoms with Gasteiger partial charge in [-0.15, -0.1) is 0 Å². The first-order valence-electron chi connectivity index (χ1n) is 5.95. The second-order valence-electron chi connectivity index (χ2n) is 4.38. The number of methoxy groups -OCH3 is 1. The highest BCUT2D eigenvalue weighted by Gasteiger charge is 2.29. The summed E-state index contributed by atoms with van der Waals surface area (Å²) in [5, 5.41) is 0. The molecule has 0 saturated carbocycles. The Hall–Kier alpha value is -0.920. The number of aryl methyl sites for hydroxylation is 1. The third-order valence-electron chi connectivity index (χ3n) is 3.14. The summed E-state index contributed by atoms with van der Waals surface area (Å²) in [5.74, 6) is 1.46. The van der Waals surface area contributed by atoms with E-state index in [1.165, 1.54) is 4.31 Å². The Morgan fingerprint density at radius 1 is 1.26 bits per heavy atom. The molecule has 1 saturated heterocycles. The smallest absolute Gasteiger partial charge is 0.243 e. The van der Waals surface area contributed by atoms with Gasteiger partial charge in [-0.25, -0.2) is 8.42 Å². The number of hydrogen-bond acceptors (Lipinski definition) is 4. The van der Waals surface area contributed by atoms with Crippen molar-refractivity contribution in [2.45, 2.75) is 11.8 Å². The third-order valence-corrected chi connectivity index (χ3v) is 6.47. The first kappa shape index (κ1) is 14.5. The Morgan fingerprint density at radius 3 is 2.42 bits per heavy atom. The standard InChI is InChI=1S/C12H17NO4S2/c1-10-9-11(17-2)3-4-12(10)19(15,16)13-5-7-18(14)8-6-13/h3-4,9H,5-8H2,1-2H3. The van der Waals surface area contributed by atoms with Crippen molar-refractivity contribution in [1.29, 1.82) is 0 Å². The van der Waals surface area contributed by atoms with Gasteiger partial charge < -0.3 is 4.74 Å². The summed E-state index contributed by atoms with van der Waals surface area (Å²) in [6.45, 7) is 2.39. The molecule has 7 heteroatoms. The quantitative estimate of drug-likeness (QED) is 0.827. The van der Waals surface area contributed by atoms with Crippen molar-refractivity contribution in [3.63, 3.8) is 0 Å². The highest BCUT2D eigenvalue weighted by molar-refractivity contribution is 7.89. The number of hydrogen-bond donors (Lipinski definition) is 0. The van der Waals surface area contributed by atoms with Gasteiger partial charge in [-0.1, -0.05) is 0 Å². The molecule has 0 aromatic heterocycles. The zero-order valence-corrected chi connectivity index (χ0v) is 12.6. The summed E-state index contributed by atoms with van der Waals surface area (Å²) in [7, 11) is -2.84. The van der Waals surface area contributed by atoms with Crippen LogP contribution in [-0.4, -0.2) is 48.6 Å². The van der Waals surface area contributed by atoms with E-state index in [9.17, 15) is 12.6 Å². The average Bonchev–Trinajstić information content (AvgIpc) is 2.38. The summed E-state index contributed by atoms with van der Waals surface area (Å²) >= 11 is 0. The largest absolute Gasteiger partial charge is 0.497 e. The van der Waals surface area contributed by atoms with Gasteiger partial charge in [-0.2, -0.15) is 4.31 Å².